The largest absolute Gasteiger partial charge is 0.481 e. The Morgan fingerprint density at radius 1 is 1.38 bits per heavy atom. The number of fused-ring (bicyclic) bond motifs is 2. The molecule has 4 heteroatoms. The fourth-order valence-electron chi connectivity index (χ4n) is 3.50. The fourth-order valence-corrected chi connectivity index (χ4v) is 3.50. The van der Waals surface area contributed by atoms with Gasteiger partial charge in [0, 0.05) is 5.41 Å². The summed E-state index contributed by atoms with van der Waals surface area (Å²) in [6, 6.07) is 0. The molecule has 0 spiro atoms. The third kappa shape index (κ3) is 1.36. The van der Waals surface area contributed by atoms with Crippen LogP contribution in [0.2, 0.25) is 0 Å². The van der Waals surface area contributed by atoms with Gasteiger partial charge in [0.05, 0.1) is 11.8 Å². The number of carboxylic acids is 2. The number of carboxylic acid groups (broad SMARTS) is 2. The van der Waals surface area contributed by atoms with Crippen molar-refractivity contribution in [1.82, 2.24) is 0 Å². The van der Waals surface area contributed by atoms with E-state index in [1.807, 2.05) is 19.1 Å². The summed E-state index contributed by atoms with van der Waals surface area (Å²) in [6.07, 6.45) is 6.18. The average molecular weight is 224 g/mol. The van der Waals surface area contributed by atoms with E-state index < -0.39 is 29.2 Å². The molecule has 1 saturated carbocycles. The van der Waals surface area contributed by atoms with Gasteiger partial charge in [0.25, 0.3) is 0 Å². The quantitative estimate of drug-likeness (QED) is 0.713. The summed E-state index contributed by atoms with van der Waals surface area (Å²) in [7, 11) is 0. The molecule has 16 heavy (non-hydrogen) atoms. The molecule has 0 aromatic rings. The van der Waals surface area contributed by atoms with E-state index in [0.29, 0.717) is 6.42 Å². The minimum atomic E-state index is -0.972. The zero-order chi connectivity index (χ0) is 11.9. The zero-order valence-electron chi connectivity index (χ0n) is 9.22. The van der Waals surface area contributed by atoms with Crippen LogP contribution in [0.3, 0.4) is 0 Å². The van der Waals surface area contributed by atoms with Crippen LogP contribution in [0.4, 0.5) is 0 Å². The van der Waals surface area contributed by atoms with E-state index in [4.69, 9.17) is 5.11 Å². The first-order valence-corrected chi connectivity index (χ1v) is 5.67. The Kier molecular flexibility index (Phi) is 2.52. The molecule has 2 bridgehead atoms. The second-order valence-electron chi connectivity index (χ2n) is 4.89. The van der Waals surface area contributed by atoms with Gasteiger partial charge < -0.3 is 10.2 Å². The molecule has 4 unspecified atom stereocenters. The van der Waals surface area contributed by atoms with Gasteiger partial charge in [-0.05, 0) is 18.8 Å². The van der Waals surface area contributed by atoms with E-state index in [2.05, 4.69) is 0 Å². The third-order valence-corrected chi connectivity index (χ3v) is 4.00. The first-order valence-electron chi connectivity index (χ1n) is 5.67. The standard InChI is InChI=1S/C12H16O4/c1-2-4-12-5-3-7(6-12)8(10(13)14)9(12)11(15)16/h3,5,7-9H,2,4,6H2,1H3,(H,13,14)(H,15,16). The van der Waals surface area contributed by atoms with Crippen LogP contribution in [0.5, 0.6) is 0 Å². The van der Waals surface area contributed by atoms with Crippen molar-refractivity contribution in [2.24, 2.45) is 23.2 Å². The van der Waals surface area contributed by atoms with Gasteiger partial charge in [0.2, 0.25) is 0 Å². The monoisotopic (exact) mass is 224 g/mol. The first-order chi connectivity index (χ1) is 7.52. The molecule has 4 atom stereocenters. The highest BCUT2D eigenvalue weighted by Gasteiger charge is 2.59. The molecule has 0 saturated heterocycles. The van der Waals surface area contributed by atoms with Crippen molar-refractivity contribution in [3.05, 3.63) is 12.2 Å². The maximum atomic E-state index is 11.3. The topological polar surface area (TPSA) is 74.6 Å². The van der Waals surface area contributed by atoms with Gasteiger partial charge in [0.15, 0.2) is 0 Å². The Hall–Kier alpha value is -1.32. The Labute approximate surface area is 94.0 Å². The molecule has 88 valence electrons. The van der Waals surface area contributed by atoms with Gasteiger partial charge in [-0.2, -0.15) is 0 Å². The van der Waals surface area contributed by atoms with Gasteiger partial charge in [-0.25, -0.2) is 0 Å². The van der Waals surface area contributed by atoms with E-state index in [1.54, 1.807) is 0 Å². The first kappa shape index (κ1) is 11.2. The predicted molar refractivity (Wildman–Crippen MR) is 56.8 cm³/mol. The molecule has 0 radical (unpaired) electrons. The van der Waals surface area contributed by atoms with Crippen molar-refractivity contribution >= 4 is 11.9 Å². The number of hydrogen-bond acceptors (Lipinski definition) is 2. The lowest BCUT2D eigenvalue weighted by Gasteiger charge is -2.31. The lowest BCUT2D eigenvalue weighted by molar-refractivity contribution is -0.156. The number of carbonyl (C=O) groups is 2. The Bertz CT molecular complexity index is 360. The molecule has 0 amide bonds. The summed E-state index contributed by atoms with van der Waals surface area (Å²) in [4.78, 5) is 22.4. The molecule has 1 fully saturated rings. The van der Waals surface area contributed by atoms with Crippen LogP contribution in [0, 0.1) is 23.2 Å². The molecule has 0 aromatic carbocycles. The van der Waals surface area contributed by atoms with Crippen molar-refractivity contribution in [2.75, 3.05) is 0 Å². The van der Waals surface area contributed by atoms with E-state index in [-0.39, 0.29) is 5.92 Å². The summed E-state index contributed by atoms with van der Waals surface area (Å²) in [5.74, 6) is -3.52. The molecular weight excluding hydrogens is 208 g/mol. The molecule has 2 aliphatic rings. The van der Waals surface area contributed by atoms with Crippen molar-refractivity contribution in [3.8, 4) is 0 Å². The molecule has 0 aromatic heterocycles. The van der Waals surface area contributed by atoms with Gasteiger partial charge in [0.1, 0.15) is 0 Å². The average Bonchev–Trinajstić information content (AvgIpc) is 2.72. The van der Waals surface area contributed by atoms with Crippen LogP contribution in [-0.2, 0) is 9.59 Å². The van der Waals surface area contributed by atoms with E-state index in [9.17, 15) is 14.7 Å². The van der Waals surface area contributed by atoms with Crippen molar-refractivity contribution in [2.45, 2.75) is 26.2 Å². The van der Waals surface area contributed by atoms with Crippen LogP contribution in [0.1, 0.15) is 26.2 Å². The Balaban J connectivity index is 2.38. The highest BCUT2D eigenvalue weighted by Crippen LogP contribution is 2.58. The second-order valence-corrected chi connectivity index (χ2v) is 4.89. The van der Waals surface area contributed by atoms with Crippen molar-refractivity contribution < 1.29 is 19.8 Å². The van der Waals surface area contributed by atoms with Gasteiger partial charge >= 0.3 is 11.9 Å². The summed E-state index contributed by atoms with van der Waals surface area (Å²) in [5, 5.41) is 18.4. The lowest BCUT2D eigenvalue weighted by atomic mass is 9.71. The van der Waals surface area contributed by atoms with Crippen LogP contribution >= 0.6 is 0 Å². The third-order valence-electron chi connectivity index (χ3n) is 4.00. The highest BCUT2D eigenvalue weighted by molar-refractivity contribution is 5.83. The van der Waals surface area contributed by atoms with E-state index in [1.165, 1.54) is 0 Å². The SMILES string of the molecule is CCCC12C=CC(C1)C(C(=O)O)C2C(=O)O. The van der Waals surface area contributed by atoms with Gasteiger partial charge in [-0.15, -0.1) is 0 Å². The molecule has 4 nitrogen and oxygen atoms in total. The summed E-state index contributed by atoms with van der Waals surface area (Å²) in [6.45, 7) is 2.00. The Morgan fingerprint density at radius 2 is 2.06 bits per heavy atom. The number of hydrogen-bond donors (Lipinski definition) is 2. The molecule has 2 N–H and O–H groups in total. The zero-order valence-corrected chi connectivity index (χ0v) is 9.22. The maximum absolute atomic E-state index is 11.3. The van der Waals surface area contributed by atoms with E-state index >= 15 is 0 Å². The molecule has 0 aliphatic heterocycles. The minimum Gasteiger partial charge on any atom is -0.481 e. The lowest BCUT2D eigenvalue weighted by Crippen LogP contribution is -2.38. The Morgan fingerprint density at radius 3 is 2.56 bits per heavy atom. The van der Waals surface area contributed by atoms with Crippen molar-refractivity contribution in [1.29, 1.82) is 0 Å². The summed E-state index contributed by atoms with van der Waals surface area (Å²) in [5.41, 5.74) is -0.408. The molecule has 0 heterocycles. The predicted octanol–water partition coefficient (Wildman–Crippen LogP) is 1.76. The van der Waals surface area contributed by atoms with Crippen LogP contribution in [-0.4, -0.2) is 22.2 Å². The number of aliphatic carboxylic acids is 2. The summed E-state index contributed by atoms with van der Waals surface area (Å²) >= 11 is 0. The minimum absolute atomic E-state index is 0.0925. The van der Waals surface area contributed by atoms with Gasteiger partial charge in [-0.1, -0.05) is 25.5 Å². The molecular formula is C12H16O4. The van der Waals surface area contributed by atoms with Crippen molar-refractivity contribution in [3.63, 3.8) is 0 Å². The van der Waals surface area contributed by atoms with Gasteiger partial charge in [-0.3, -0.25) is 9.59 Å². The second kappa shape index (κ2) is 3.61. The molecule has 2 aliphatic carbocycles. The van der Waals surface area contributed by atoms with E-state index in [0.717, 1.165) is 12.8 Å². The normalized spacial score (nSPS) is 40.2. The summed E-state index contributed by atoms with van der Waals surface area (Å²) < 4.78 is 0. The smallest absolute Gasteiger partial charge is 0.308 e. The number of rotatable bonds is 4. The van der Waals surface area contributed by atoms with Crippen LogP contribution < -0.4 is 0 Å². The highest BCUT2D eigenvalue weighted by atomic mass is 16.4. The maximum Gasteiger partial charge on any atom is 0.308 e. The number of allylic oxidation sites excluding steroid dienone is 2. The molecule has 2 rings (SSSR count). The van der Waals surface area contributed by atoms with Crippen LogP contribution in [0.15, 0.2) is 12.2 Å². The fraction of sp³-hybridized carbons (Fsp3) is 0.667. The van der Waals surface area contributed by atoms with Crippen LogP contribution in [0.25, 0.3) is 0 Å².